The van der Waals surface area contributed by atoms with Crippen molar-refractivity contribution in [1.29, 1.82) is 0 Å². The van der Waals surface area contributed by atoms with E-state index in [2.05, 4.69) is 21.2 Å². The molecule has 0 fully saturated rings. The first kappa shape index (κ1) is 15.9. The second-order valence-electron chi connectivity index (χ2n) is 4.36. The number of carbonyl (C=O) groups excluding carboxylic acids is 1. The lowest BCUT2D eigenvalue weighted by Gasteiger charge is -2.19. The molecule has 0 aliphatic heterocycles. The minimum Gasteiger partial charge on any atom is -0.464 e. The molecular formula is C16H15BrClNO2. The van der Waals surface area contributed by atoms with Crippen molar-refractivity contribution in [2.75, 3.05) is 11.9 Å². The summed E-state index contributed by atoms with van der Waals surface area (Å²) in [7, 11) is 0. The standard InChI is InChI=1S/C16H15BrClNO2/c1-2-21-16(20)15(11-7-9-12(17)10-8-11)19-14-6-4-3-5-13(14)18/h3-10,15,19H,2H2,1H3. The van der Waals surface area contributed by atoms with E-state index in [-0.39, 0.29) is 5.97 Å². The van der Waals surface area contributed by atoms with Crippen LogP contribution in [0, 0.1) is 0 Å². The average molecular weight is 369 g/mol. The third-order valence-corrected chi connectivity index (χ3v) is 3.76. The van der Waals surface area contributed by atoms with Crippen LogP contribution in [0.5, 0.6) is 0 Å². The number of hydrogen-bond donors (Lipinski definition) is 1. The molecule has 2 rings (SSSR count). The minimum atomic E-state index is -0.599. The third-order valence-electron chi connectivity index (χ3n) is 2.90. The number of halogens is 2. The van der Waals surface area contributed by atoms with Crippen molar-refractivity contribution < 1.29 is 9.53 Å². The van der Waals surface area contributed by atoms with E-state index in [1.165, 1.54) is 0 Å². The summed E-state index contributed by atoms with van der Waals surface area (Å²) < 4.78 is 6.10. The highest BCUT2D eigenvalue weighted by Gasteiger charge is 2.22. The lowest BCUT2D eigenvalue weighted by atomic mass is 10.1. The van der Waals surface area contributed by atoms with Crippen molar-refractivity contribution in [1.82, 2.24) is 0 Å². The van der Waals surface area contributed by atoms with E-state index in [1.807, 2.05) is 42.5 Å². The van der Waals surface area contributed by atoms with Crippen LogP contribution in [0.2, 0.25) is 5.02 Å². The highest BCUT2D eigenvalue weighted by molar-refractivity contribution is 9.10. The Kier molecular flexibility index (Phi) is 5.65. The molecule has 1 N–H and O–H groups in total. The van der Waals surface area contributed by atoms with Gasteiger partial charge in [0, 0.05) is 4.47 Å². The zero-order valence-corrected chi connectivity index (χ0v) is 13.8. The topological polar surface area (TPSA) is 38.3 Å². The van der Waals surface area contributed by atoms with Crippen LogP contribution in [0.25, 0.3) is 0 Å². The van der Waals surface area contributed by atoms with Crippen molar-refractivity contribution in [3.05, 3.63) is 63.6 Å². The van der Waals surface area contributed by atoms with Crippen LogP contribution in [0.1, 0.15) is 18.5 Å². The number of rotatable bonds is 5. The fraction of sp³-hybridized carbons (Fsp3) is 0.188. The molecule has 21 heavy (non-hydrogen) atoms. The Labute approximate surface area is 137 Å². The molecule has 110 valence electrons. The van der Waals surface area contributed by atoms with Gasteiger partial charge in [-0.2, -0.15) is 0 Å². The molecule has 0 radical (unpaired) electrons. The Balaban J connectivity index is 2.30. The predicted molar refractivity (Wildman–Crippen MR) is 88.6 cm³/mol. The predicted octanol–water partition coefficient (Wildman–Crippen LogP) is 4.82. The van der Waals surface area contributed by atoms with E-state index in [0.29, 0.717) is 17.3 Å². The largest absolute Gasteiger partial charge is 0.464 e. The Hall–Kier alpha value is -1.52. The van der Waals surface area contributed by atoms with Gasteiger partial charge in [0.2, 0.25) is 0 Å². The maximum Gasteiger partial charge on any atom is 0.333 e. The van der Waals surface area contributed by atoms with Crippen LogP contribution in [0.15, 0.2) is 53.0 Å². The Morgan fingerprint density at radius 1 is 1.24 bits per heavy atom. The molecule has 2 aromatic carbocycles. The first-order valence-electron chi connectivity index (χ1n) is 6.55. The first-order chi connectivity index (χ1) is 10.1. The molecule has 0 aliphatic rings. The molecule has 1 unspecified atom stereocenters. The maximum absolute atomic E-state index is 12.2. The second kappa shape index (κ2) is 7.48. The van der Waals surface area contributed by atoms with Crippen LogP contribution < -0.4 is 5.32 Å². The number of nitrogens with one attached hydrogen (secondary N) is 1. The van der Waals surface area contributed by atoms with Crippen molar-refractivity contribution >= 4 is 39.2 Å². The van der Waals surface area contributed by atoms with Crippen LogP contribution >= 0.6 is 27.5 Å². The van der Waals surface area contributed by atoms with Crippen molar-refractivity contribution in [3.63, 3.8) is 0 Å². The quantitative estimate of drug-likeness (QED) is 0.769. The average Bonchev–Trinajstić information content (AvgIpc) is 2.48. The monoisotopic (exact) mass is 367 g/mol. The fourth-order valence-corrected chi connectivity index (χ4v) is 2.35. The molecule has 0 amide bonds. The van der Waals surface area contributed by atoms with Gasteiger partial charge in [0.15, 0.2) is 6.04 Å². The number of carbonyl (C=O) groups is 1. The Morgan fingerprint density at radius 2 is 1.90 bits per heavy atom. The van der Waals surface area contributed by atoms with Gasteiger partial charge in [-0.05, 0) is 36.8 Å². The molecule has 5 heteroatoms. The number of para-hydroxylation sites is 1. The van der Waals surface area contributed by atoms with Gasteiger partial charge in [0.25, 0.3) is 0 Å². The molecule has 0 heterocycles. The molecule has 0 bridgehead atoms. The van der Waals surface area contributed by atoms with Crippen molar-refractivity contribution in [3.8, 4) is 0 Å². The van der Waals surface area contributed by atoms with Crippen molar-refractivity contribution in [2.24, 2.45) is 0 Å². The van der Waals surface area contributed by atoms with Gasteiger partial charge in [-0.15, -0.1) is 0 Å². The molecule has 0 spiro atoms. The number of anilines is 1. The summed E-state index contributed by atoms with van der Waals surface area (Å²) in [5.41, 5.74) is 1.51. The smallest absolute Gasteiger partial charge is 0.333 e. The number of hydrogen-bond acceptors (Lipinski definition) is 3. The molecule has 3 nitrogen and oxygen atoms in total. The first-order valence-corrected chi connectivity index (χ1v) is 7.72. The van der Waals surface area contributed by atoms with E-state index >= 15 is 0 Å². The number of ether oxygens (including phenoxy) is 1. The molecular weight excluding hydrogens is 354 g/mol. The van der Waals surface area contributed by atoms with Gasteiger partial charge in [0.1, 0.15) is 0 Å². The third kappa shape index (κ3) is 4.22. The van der Waals surface area contributed by atoms with E-state index in [0.717, 1.165) is 10.0 Å². The van der Waals surface area contributed by atoms with E-state index in [1.54, 1.807) is 13.0 Å². The summed E-state index contributed by atoms with van der Waals surface area (Å²) in [6.45, 7) is 2.11. The van der Waals surface area contributed by atoms with Crippen LogP contribution in [0.3, 0.4) is 0 Å². The van der Waals surface area contributed by atoms with Gasteiger partial charge in [-0.25, -0.2) is 4.79 Å². The molecule has 2 aromatic rings. The lowest BCUT2D eigenvalue weighted by Crippen LogP contribution is -2.23. The van der Waals surface area contributed by atoms with E-state index < -0.39 is 6.04 Å². The normalized spacial score (nSPS) is 11.8. The highest BCUT2D eigenvalue weighted by Crippen LogP contribution is 2.27. The number of benzene rings is 2. The molecule has 1 atom stereocenters. The Morgan fingerprint density at radius 3 is 2.52 bits per heavy atom. The van der Waals surface area contributed by atoms with Crippen LogP contribution in [-0.2, 0) is 9.53 Å². The SMILES string of the molecule is CCOC(=O)C(Nc1ccccc1Cl)c1ccc(Br)cc1. The minimum absolute atomic E-state index is 0.329. The summed E-state index contributed by atoms with van der Waals surface area (Å²) in [6.07, 6.45) is 0. The van der Waals surface area contributed by atoms with Crippen LogP contribution in [-0.4, -0.2) is 12.6 Å². The number of esters is 1. The summed E-state index contributed by atoms with van der Waals surface area (Å²) in [5.74, 6) is -0.334. The maximum atomic E-state index is 12.2. The summed E-state index contributed by atoms with van der Waals surface area (Å²) in [4.78, 5) is 12.2. The van der Waals surface area contributed by atoms with E-state index in [9.17, 15) is 4.79 Å². The van der Waals surface area contributed by atoms with Crippen LogP contribution in [0.4, 0.5) is 5.69 Å². The molecule has 0 aromatic heterocycles. The zero-order valence-electron chi connectivity index (χ0n) is 11.5. The summed E-state index contributed by atoms with van der Waals surface area (Å²) in [6, 6.07) is 14.2. The van der Waals surface area contributed by atoms with Gasteiger partial charge >= 0.3 is 5.97 Å². The van der Waals surface area contributed by atoms with Crippen molar-refractivity contribution in [2.45, 2.75) is 13.0 Å². The van der Waals surface area contributed by atoms with Gasteiger partial charge in [-0.3, -0.25) is 0 Å². The Bertz CT molecular complexity index is 616. The van der Waals surface area contributed by atoms with Gasteiger partial charge in [0.05, 0.1) is 17.3 Å². The molecule has 0 saturated carbocycles. The van der Waals surface area contributed by atoms with Gasteiger partial charge < -0.3 is 10.1 Å². The second-order valence-corrected chi connectivity index (χ2v) is 5.68. The zero-order chi connectivity index (χ0) is 15.2. The highest BCUT2D eigenvalue weighted by atomic mass is 79.9. The summed E-state index contributed by atoms with van der Waals surface area (Å²) >= 11 is 9.52. The summed E-state index contributed by atoms with van der Waals surface area (Å²) in [5, 5.41) is 3.70. The fourth-order valence-electron chi connectivity index (χ4n) is 1.89. The molecule has 0 aliphatic carbocycles. The van der Waals surface area contributed by atoms with E-state index in [4.69, 9.17) is 16.3 Å². The lowest BCUT2D eigenvalue weighted by molar-refractivity contribution is -0.144. The van der Waals surface area contributed by atoms with Gasteiger partial charge in [-0.1, -0.05) is 51.8 Å². The molecule has 0 saturated heterocycles.